The average Bonchev–Trinajstić information content (AvgIpc) is 3.01. The smallest absolute Gasteiger partial charge is 0.238 e. The first-order valence-corrected chi connectivity index (χ1v) is 8.94. The Hall–Kier alpha value is -2.02. The Kier molecular flexibility index (Phi) is 5.32. The lowest BCUT2D eigenvalue weighted by molar-refractivity contribution is -0.117. The van der Waals surface area contributed by atoms with Crippen LogP contribution in [0.2, 0.25) is 5.02 Å². The molecule has 1 aromatic heterocycles. The predicted octanol–water partition coefficient (Wildman–Crippen LogP) is 4.72. The minimum absolute atomic E-state index is 0.0000410. The number of fused-ring (bicyclic) bond motifs is 1. The Morgan fingerprint density at radius 3 is 2.84 bits per heavy atom. The Morgan fingerprint density at radius 1 is 1.36 bits per heavy atom. The Balaban J connectivity index is 1.64. The van der Waals surface area contributed by atoms with Gasteiger partial charge in [0.1, 0.15) is 10.8 Å². The zero-order chi connectivity index (χ0) is 18.0. The van der Waals surface area contributed by atoms with E-state index in [-0.39, 0.29) is 23.5 Å². The molecule has 0 fully saturated rings. The van der Waals surface area contributed by atoms with Gasteiger partial charge in [-0.2, -0.15) is 0 Å². The molecule has 0 unspecified atom stereocenters. The highest BCUT2D eigenvalue weighted by Gasteiger charge is 2.18. The minimum Gasteiger partial charge on any atom is -0.325 e. The summed E-state index contributed by atoms with van der Waals surface area (Å²) in [6.07, 6.45) is 0. The number of thiazole rings is 1. The van der Waals surface area contributed by atoms with Gasteiger partial charge in [-0.05, 0) is 44.3 Å². The largest absolute Gasteiger partial charge is 0.325 e. The molecule has 2 aromatic carbocycles. The van der Waals surface area contributed by atoms with Gasteiger partial charge in [-0.3, -0.25) is 9.69 Å². The van der Waals surface area contributed by atoms with Gasteiger partial charge < -0.3 is 5.32 Å². The monoisotopic (exact) mass is 377 g/mol. The fraction of sp³-hybridized carbons (Fsp3) is 0.222. The molecular weight excluding hydrogens is 361 g/mol. The molecule has 1 heterocycles. The summed E-state index contributed by atoms with van der Waals surface area (Å²) in [4.78, 5) is 18.8. The molecule has 0 saturated heterocycles. The van der Waals surface area contributed by atoms with E-state index in [9.17, 15) is 9.18 Å². The van der Waals surface area contributed by atoms with E-state index in [0.29, 0.717) is 5.69 Å². The van der Waals surface area contributed by atoms with Crippen LogP contribution < -0.4 is 5.32 Å². The van der Waals surface area contributed by atoms with Crippen molar-refractivity contribution in [3.05, 3.63) is 58.3 Å². The molecule has 3 rings (SSSR count). The van der Waals surface area contributed by atoms with Gasteiger partial charge in [-0.1, -0.05) is 23.7 Å². The Bertz CT molecular complexity index is 881. The second kappa shape index (κ2) is 7.47. The van der Waals surface area contributed by atoms with Crippen LogP contribution in [0.5, 0.6) is 0 Å². The topological polar surface area (TPSA) is 45.2 Å². The average molecular weight is 378 g/mol. The van der Waals surface area contributed by atoms with Crippen molar-refractivity contribution in [3.63, 3.8) is 0 Å². The maximum Gasteiger partial charge on any atom is 0.238 e. The van der Waals surface area contributed by atoms with Gasteiger partial charge >= 0.3 is 0 Å². The van der Waals surface area contributed by atoms with Crippen molar-refractivity contribution >= 4 is 44.7 Å². The van der Waals surface area contributed by atoms with Crippen LogP contribution in [-0.2, 0) is 4.79 Å². The number of aromatic nitrogens is 1. The van der Waals surface area contributed by atoms with Gasteiger partial charge in [0.25, 0.3) is 0 Å². The summed E-state index contributed by atoms with van der Waals surface area (Å²) >= 11 is 7.35. The van der Waals surface area contributed by atoms with Gasteiger partial charge in [-0.15, -0.1) is 11.3 Å². The lowest BCUT2D eigenvalue weighted by Gasteiger charge is -2.22. The van der Waals surface area contributed by atoms with Crippen LogP contribution in [0.4, 0.5) is 10.1 Å². The zero-order valence-corrected chi connectivity index (χ0v) is 15.4. The summed E-state index contributed by atoms with van der Waals surface area (Å²) in [5, 5.41) is 3.67. The van der Waals surface area contributed by atoms with Crippen molar-refractivity contribution < 1.29 is 9.18 Å². The lowest BCUT2D eigenvalue weighted by atomic mass is 10.3. The molecule has 1 amide bonds. The number of benzene rings is 2. The number of nitrogens with zero attached hydrogens (tertiary/aromatic N) is 2. The van der Waals surface area contributed by atoms with Gasteiger partial charge in [0, 0.05) is 5.69 Å². The lowest BCUT2D eigenvalue weighted by Crippen LogP contribution is -2.32. The molecule has 130 valence electrons. The highest BCUT2D eigenvalue weighted by molar-refractivity contribution is 7.18. The highest BCUT2D eigenvalue weighted by Crippen LogP contribution is 2.28. The van der Waals surface area contributed by atoms with E-state index in [4.69, 9.17) is 11.6 Å². The van der Waals surface area contributed by atoms with Crippen molar-refractivity contribution in [2.45, 2.75) is 13.0 Å². The van der Waals surface area contributed by atoms with Crippen molar-refractivity contribution in [3.8, 4) is 0 Å². The van der Waals surface area contributed by atoms with Crippen LogP contribution in [0.15, 0.2) is 42.5 Å². The molecule has 0 bridgehead atoms. The van der Waals surface area contributed by atoms with Crippen LogP contribution in [-0.4, -0.2) is 29.4 Å². The van der Waals surface area contributed by atoms with E-state index >= 15 is 0 Å². The fourth-order valence-corrected chi connectivity index (χ4v) is 3.66. The number of amides is 1. The van der Waals surface area contributed by atoms with Crippen molar-refractivity contribution in [1.82, 2.24) is 9.88 Å². The normalized spacial score (nSPS) is 12.5. The Morgan fingerprint density at radius 2 is 2.12 bits per heavy atom. The third-order valence-corrected chi connectivity index (χ3v) is 5.42. The summed E-state index contributed by atoms with van der Waals surface area (Å²) in [5.74, 6) is -0.709. The summed E-state index contributed by atoms with van der Waals surface area (Å²) in [5.41, 5.74) is 1.44. The fourth-order valence-electron chi connectivity index (χ4n) is 2.40. The second-order valence-corrected chi connectivity index (χ2v) is 7.26. The second-order valence-electron chi connectivity index (χ2n) is 5.79. The molecule has 0 radical (unpaired) electrons. The standard InChI is InChI=1S/C18H17ClFN3OS/c1-11(18-22-15-5-3-4-6-16(15)25-18)23(2)10-17(24)21-12-7-8-14(20)13(19)9-12/h3-9,11H,10H2,1-2H3,(H,21,24)/t11-/m1/s1. The van der Waals surface area contributed by atoms with E-state index in [1.807, 2.05) is 43.1 Å². The zero-order valence-electron chi connectivity index (χ0n) is 13.8. The third-order valence-electron chi connectivity index (χ3n) is 3.93. The molecule has 4 nitrogen and oxygen atoms in total. The van der Waals surface area contributed by atoms with E-state index < -0.39 is 5.82 Å². The van der Waals surface area contributed by atoms with Crippen LogP contribution in [0, 0.1) is 5.82 Å². The summed E-state index contributed by atoms with van der Waals surface area (Å²) in [6, 6.07) is 12.1. The number of carbonyl (C=O) groups excluding carboxylic acids is 1. The minimum atomic E-state index is -0.513. The molecule has 0 aliphatic heterocycles. The number of rotatable bonds is 5. The SMILES string of the molecule is C[C@H](c1nc2ccccc2s1)N(C)CC(=O)Nc1ccc(F)c(Cl)c1. The van der Waals surface area contributed by atoms with E-state index in [0.717, 1.165) is 15.2 Å². The molecule has 0 saturated carbocycles. The van der Waals surface area contributed by atoms with Gasteiger partial charge in [0.05, 0.1) is 27.8 Å². The summed E-state index contributed by atoms with van der Waals surface area (Å²) in [6.45, 7) is 2.20. The predicted molar refractivity (Wildman–Crippen MR) is 101 cm³/mol. The number of hydrogen-bond donors (Lipinski definition) is 1. The molecule has 0 spiro atoms. The van der Waals surface area contributed by atoms with Crippen LogP contribution in [0.25, 0.3) is 10.2 Å². The van der Waals surface area contributed by atoms with Crippen molar-refractivity contribution in [2.24, 2.45) is 0 Å². The highest BCUT2D eigenvalue weighted by atomic mass is 35.5. The summed E-state index contributed by atoms with van der Waals surface area (Å²) in [7, 11) is 1.87. The van der Waals surface area contributed by atoms with Gasteiger partial charge in [0.15, 0.2) is 0 Å². The van der Waals surface area contributed by atoms with Crippen LogP contribution in [0.1, 0.15) is 18.0 Å². The molecule has 3 aromatic rings. The first kappa shape index (κ1) is 17.8. The number of likely N-dealkylation sites (N-methyl/N-ethyl adjacent to an activating group) is 1. The quantitative estimate of drug-likeness (QED) is 0.699. The maximum atomic E-state index is 13.2. The molecule has 0 aliphatic carbocycles. The molecule has 25 heavy (non-hydrogen) atoms. The van der Waals surface area contributed by atoms with Crippen molar-refractivity contribution in [1.29, 1.82) is 0 Å². The molecule has 7 heteroatoms. The number of anilines is 1. The molecular formula is C18H17ClFN3OS. The number of hydrogen-bond acceptors (Lipinski definition) is 4. The number of para-hydroxylation sites is 1. The first-order chi connectivity index (χ1) is 11.9. The van der Waals surface area contributed by atoms with E-state index in [1.54, 1.807) is 11.3 Å². The summed E-state index contributed by atoms with van der Waals surface area (Å²) < 4.78 is 14.3. The molecule has 1 N–H and O–H groups in total. The third kappa shape index (κ3) is 4.15. The first-order valence-electron chi connectivity index (χ1n) is 7.74. The van der Waals surface area contributed by atoms with Gasteiger partial charge in [0.2, 0.25) is 5.91 Å². The maximum absolute atomic E-state index is 13.2. The number of carbonyl (C=O) groups is 1. The Labute approximate surface area is 154 Å². The number of halogens is 2. The molecule has 0 aliphatic rings. The van der Waals surface area contributed by atoms with Crippen LogP contribution in [0.3, 0.4) is 0 Å². The van der Waals surface area contributed by atoms with E-state index in [2.05, 4.69) is 10.3 Å². The van der Waals surface area contributed by atoms with Crippen LogP contribution >= 0.6 is 22.9 Å². The van der Waals surface area contributed by atoms with Crippen molar-refractivity contribution in [2.75, 3.05) is 18.9 Å². The van der Waals surface area contributed by atoms with E-state index in [1.165, 1.54) is 18.2 Å². The van der Waals surface area contributed by atoms with Gasteiger partial charge in [-0.25, -0.2) is 9.37 Å². The number of nitrogens with one attached hydrogen (secondary N) is 1. The molecule has 1 atom stereocenters.